The highest BCUT2D eigenvalue weighted by Gasteiger charge is 2.24. The summed E-state index contributed by atoms with van der Waals surface area (Å²) in [6.07, 6.45) is 3.96. The molecule has 2 N–H and O–H groups in total. The molecule has 0 unspecified atom stereocenters. The van der Waals surface area contributed by atoms with E-state index in [9.17, 15) is 10.1 Å². The van der Waals surface area contributed by atoms with Gasteiger partial charge in [-0.25, -0.2) is 4.39 Å². The summed E-state index contributed by atoms with van der Waals surface area (Å²) in [5, 5.41) is 21.0. The minimum atomic E-state index is -0.852. The fourth-order valence-electron chi connectivity index (χ4n) is 4.83. The lowest BCUT2D eigenvalue weighted by atomic mass is 9.99. The van der Waals surface area contributed by atoms with Gasteiger partial charge in [0, 0.05) is 38.2 Å². The fourth-order valence-corrected chi connectivity index (χ4v) is 4.83. The predicted molar refractivity (Wildman–Crippen MR) is 133 cm³/mol. The molecule has 0 spiro atoms. The van der Waals surface area contributed by atoms with Crippen molar-refractivity contribution in [2.75, 3.05) is 32.9 Å². The number of nitrogens with zero attached hydrogens (tertiary/aromatic N) is 3. The Kier molecular flexibility index (Phi) is 7.56. The van der Waals surface area contributed by atoms with Gasteiger partial charge in [0.05, 0.1) is 23.8 Å². The number of amides is 1. The summed E-state index contributed by atoms with van der Waals surface area (Å²) in [4.78, 5) is 12.5. The minimum Gasteiger partial charge on any atom is -0.381 e. The molecule has 2 atom stereocenters. The van der Waals surface area contributed by atoms with Crippen LogP contribution in [0, 0.1) is 17.1 Å². The standard InChI is InChI=1S/C27H30FN5O3/c28-24-13-18(19-3-5-21-16-31-33(25(21)14-19)23-6-10-35-11-7-23)2-4-20(24)12-22(15-29)32-27(34)26-17-30-8-1-9-36-26/h2-5,13-14,16,22-23,26,30H,1,6-12,17H2,(H,32,34)/t22-,26+/m1/s1. The van der Waals surface area contributed by atoms with Crippen LogP contribution in [0.3, 0.4) is 0 Å². The molecule has 2 aliphatic heterocycles. The number of benzene rings is 2. The van der Waals surface area contributed by atoms with Crippen molar-refractivity contribution in [3.63, 3.8) is 0 Å². The van der Waals surface area contributed by atoms with Gasteiger partial charge in [-0.1, -0.05) is 24.3 Å². The van der Waals surface area contributed by atoms with E-state index in [2.05, 4.69) is 26.5 Å². The maximum Gasteiger partial charge on any atom is 0.251 e. The third kappa shape index (κ3) is 5.41. The Hall–Kier alpha value is -3.32. The van der Waals surface area contributed by atoms with Crippen molar-refractivity contribution in [1.29, 1.82) is 5.26 Å². The Morgan fingerprint density at radius 1 is 1.22 bits per heavy atom. The molecule has 2 aliphatic rings. The van der Waals surface area contributed by atoms with Crippen LogP contribution in [0.4, 0.5) is 4.39 Å². The molecule has 0 saturated carbocycles. The summed E-state index contributed by atoms with van der Waals surface area (Å²) < 4.78 is 28.2. The first-order chi connectivity index (χ1) is 17.6. The van der Waals surface area contributed by atoms with Crippen LogP contribution in [-0.4, -0.2) is 60.7 Å². The molecule has 0 radical (unpaired) electrons. The van der Waals surface area contributed by atoms with Crippen molar-refractivity contribution in [2.45, 2.75) is 43.9 Å². The van der Waals surface area contributed by atoms with Crippen molar-refractivity contribution in [3.05, 3.63) is 54.0 Å². The van der Waals surface area contributed by atoms with E-state index in [1.165, 1.54) is 6.07 Å². The highest BCUT2D eigenvalue weighted by Crippen LogP contribution is 2.30. The molecule has 0 aliphatic carbocycles. The van der Waals surface area contributed by atoms with Gasteiger partial charge in [-0.15, -0.1) is 0 Å². The topological polar surface area (TPSA) is 101 Å². The summed E-state index contributed by atoms with van der Waals surface area (Å²) in [5.74, 6) is -0.769. The number of aromatic nitrogens is 2. The Balaban J connectivity index is 1.30. The lowest BCUT2D eigenvalue weighted by molar-refractivity contribution is -0.132. The number of ether oxygens (including phenoxy) is 2. The predicted octanol–water partition coefficient (Wildman–Crippen LogP) is 3.12. The van der Waals surface area contributed by atoms with Crippen LogP contribution in [0.5, 0.6) is 0 Å². The normalized spacial score (nSPS) is 19.9. The molecule has 2 aromatic carbocycles. The van der Waals surface area contributed by atoms with Gasteiger partial charge in [0.15, 0.2) is 0 Å². The van der Waals surface area contributed by atoms with Crippen molar-refractivity contribution in [1.82, 2.24) is 20.4 Å². The van der Waals surface area contributed by atoms with Crippen LogP contribution in [-0.2, 0) is 20.7 Å². The fraction of sp³-hybridized carbons (Fsp3) is 0.444. The summed E-state index contributed by atoms with van der Waals surface area (Å²) in [6.45, 7) is 3.12. The molecule has 2 saturated heterocycles. The lowest BCUT2D eigenvalue weighted by Gasteiger charge is -2.23. The van der Waals surface area contributed by atoms with Gasteiger partial charge < -0.3 is 20.1 Å². The minimum absolute atomic E-state index is 0.0735. The van der Waals surface area contributed by atoms with E-state index in [0.29, 0.717) is 24.8 Å². The third-order valence-corrected chi connectivity index (χ3v) is 6.86. The first-order valence-corrected chi connectivity index (χ1v) is 12.5. The van der Waals surface area contributed by atoms with Crippen LogP contribution < -0.4 is 10.6 Å². The van der Waals surface area contributed by atoms with Crippen molar-refractivity contribution in [2.24, 2.45) is 0 Å². The molecular weight excluding hydrogens is 461 g/mol. The summed E-state index contributed by atoms with van der Waals surface area (Å²) in [6, 6.07) is 12.6. The maximum absolute atomic E-state index is 15.1. The number of nitrogens with one attached hydrogen (secondary N) is 2. The Labute approximate surface area is 209 Å². The van der Waals surface area contributed by atoms with Gasteiger partial charge in [-0.2, -0.15) is 10.4 Å². The Morgan fingerprint density at radius 2 is 2.03 bits per heavy atom. The smallest absolute Gasteiger partial charge is 0.251 e. The second-order valence-corrected chi connectivity index (χ2v) is 9.32. The summed E-state index contributed by atoms with van der Waals surface area (Å²) >= 11 is 0. The number of carbonyl (C=O) groups is 1. The molecule has 1 amide bonds. The quantitative estimate of drug-likeness (QED) is 0.550. The number of nitriles is 1. The van der Waals surface area contributed by atoms with Crippen LogP contribution in [0.15, 0.2) is 42.6 Å². The average Bonchev–Trinajstić information content (AvgIpc) is 3.13. The molecular formula is C27H30FN5O3. The van der Waals surface area contributed by atoms with Gasteiger partial charge in [-0.05, 0) is 54.6 Å². The van der Waals surface area contributed by atoms with Gasteiger partial charge >= 0.3 is 0 Å². The number of fused-ring (bicyclic) bond motifs is 1. The van der Waals surface area contributed by atoms with E-state index in [1.807, 2.05) is 30.5 Å². The summed E-state index contributed by atoms with van der Waals surface area (Å²) in [7, 11) is 0. The van der Waals surface area contributed by atoms with Gasteiger partial charge in [0.2, 0.25) is 0 Å². The molecule has 5 rings (SSSR count). The van der Waals surface area contributed by atoms with E-state index in [4.69, 9.17) is 9.47 Å². The van der Waals surface area contributed by atoms with E-state index >= 15 is 4.39 Å². The number of rotatable bonds is 6. The zero-order chi connectivity index (χ0) is 24.9. The Morgan fingerprint density at radius 3 is 2.83 bits per heavy atom. The third-order valence-electron chi connectivity index (χ3n) is 6.86. The number of hydrogen-bond acceptors (Lipinski definition) is 6. The lowest BCUT2D eigenvalue weighted by Crippen LogP contribution is -2.46. The van der Waals surface area contributed by atoms with Crippen LogP contribution in [0.2, 0.25) is 0 Å². The molecule has 36 heavy (non-hydrogen) atoms. The largest absolute Gasteiger partial charge is 0.381 e. The number of hydrogen-bond donors (Lipinski definition) is 2. The number of halogens is 1. The molecule has 1 aromatic heterocycles. The van der Waals surface area contributed by atoms with Crippen LogP contribution >= 0.6 is 0 Å². The zero-order valence-corrected chi connectivity index (χ0v) is 20.1. The molecule has 3 aromatic rings. The Bertz CT molecular complexity index is 1260. The molecule has 2 fully saturated rings. The first-order valence-electron chi connectivity index (χ1n) is 12.5. The molecule has 188 valence electrons. The van der Waals surface area contributed by atoms with E-state index in [1.54, 1.807) is 6.07 Å². The van der Waals surface area contributed by atoms with Gasteiger partial charge in [-0.3, -0.25) is 9.48 Å². The van der Waals surface area contributed by atoms with Crippen molar-refractivity contribution >= 4 is 16.8 Å². The maximum atomic E-state index is 15.1. The van der Waals surface area contributed by atoms with E-state index in [0.717, 1.165) is 61.1 Å². The van der Waals surface area contributed by atoms with Crippen LogP contribution in [0.1, 0.15) is 30.9 Å². The highest BCUT2D eigenvalue weighted by atomic mass is 19.1. The first kappa shape index (κ1) is 24.4. The molecule has 3 heterocycles. The molecule has 9 heteroatoms. The molecule has 0 bridgehead atoms. The molecule has 8 nitrogen and oxygen atoms in total. The highest BCUT2D eigenvalue weighted by molar-refractivity contribution is 5.84. The monoisotopic (exact) mass is 491 g/mol. The van der Waals surface area contributed by atoms with E-state index in [-0.39, 0.29) is 12.3 Å². The number of carbonyl (C=O) groups excluding carboxylic acids is 1. The van der Waals surface area contributed by atoms with Crippen molar-refractivity contribution in [3.8, 4) is 17.2 Å². The zero-order valence-electron chi connectivity index (χ0n) is 20.1. The van der Waals surface area contributed by atoms with Gasteiger partial charge in [0.25, 0.3) is 5.91 Å². The van der Waals surface area contributed by atoms with Gasteiger partial charge in [0.1, 0.15) is 18.0 Å². The average molecular weight is 492 g/mol. The SMILES string of the molecule is N#C[C@@H](Cc1ccc(-c2ccc3cnn(C4CCOCC4)c3c2)cc1F)NC(=O)[C@@H]1CNCCCO1. The van der Waals surface area contributed by atoms with E-state index < -0.39 is 18.0 Å². The van der Waals surface area contributed by atoms with Crippen molar-refractivity contribution < 1.29 is 18.7 Å². The second-order valence-electron chi connectivity index (χ2n) is 9.32. The van der Waals surface area contributed by atoms with Crippen LogP contribution in [0.25, 0.3) is 22.0 Å². The second kappa shape index (κ2) is 11.2. The summed E-state index contributed by atoms with van der Waals surface area (Å²) in [5.41, 5.74) is 3.03.